The molecule has 1 heterocycles. The quantitative estimate of drug-likeness (QED) is 0.397. The van der Waals surface area contributed by atoms with Crippen molar-refractivity contribution in [3.05, 3.63) is 95.3 Å². The van der Waals surface area contributed by atoms with E-state index >= 15 is 0 Å². The minimum atomic E-state index is -3.75. The van der Waals surface area contributed by atoms with Crippen LogP contribution in [0.25, 0.3) is 0 Å². The fourth-order valence-electron chi connectivity index (χ4n) is 2.90. The second kappa shape index (κ2) is 9.47. The molecular formula is C23H18FN3O4S2. The normalized spacial score (nSPS) is 11.2. The molecule has 0 aliphatic rings. The van der Waals surface area contributed by atoms with Crippen molar-refractivity contribution in [3.8, 4) is 10.9 Å². The molecule has 0 aliphatic heterocycles. The summed E-state index contributed by atoms with van der Waals surface area (Å²) < 4.78 is 44.0. The first-order valence-corrected chi connectivity index (χ1v) is 12.2. The van der Waals surface area contributed by atoms with E-state index in [-0.39, 0.29) is 15.3 Å². The van der Waals surface area contributed by atoms with Crippen LogP contribution in [-0.4, -0.2) is 24.5 Å². The topological polar surface area (TPSA) is 98.2 Å². The second-order valence-electron chi connectivity index (χ2n) is 7.12. The van der Waals surface area contributed by atoms with Gasteiger partial charge in [0.1, 0.15) is 11.6 Å². The van der Waals surface area contributed by atoms with E-state index in [4.69, 9.17) is 4.74 Å². The summed E-state index contributed by atoms with van der Waals surface area (Å²) in [6, 6.07) is 18.9. The van der Waals surface area contributed by atoms with Crippen molar-refractivity contribution in [2.75, 3.05) is 5.32 Å². The van der Waals surface area contributed by atoms with Crippen molar-refractivity contribution >= 4 is 32.8 Å². The van der Waals surface area contributed by atoms with Crippen molar-refractivity contribution in [2.24, 2.45) is 0 Å². The van der Waals surface area contributed by atoms with Gasteiger partial charge in [0.2, 0.25) is 14.2 Å². The van der Waals surface area contributed by atoms with Gasteiger partial charge in [-0.05, 0) is 71.9 Å². The molecule has 4 aromatic rings. The summed E-state index contributed by atoms with van der Waals surface area (Å²) in [5.74, 6) is -0.514. The number of hydrogen-bond acceptors (Lipinski definition) is 7. The molecule has 4 rings (SSSR count). The average Bonchev–Trinajstić information content (AvgIpc) is 3.27. The highest BCUT2D eigenvalue weighted by Gasteiger charge is 2.22. The molecule has 7 nitrogen and oxygen atoms in total. The Morgan fingerprint density at radius 1 is 1.00 bits per heavy atom. The zero-order chi connectivity index (χ0) is 23.4. The number of hydrogen-bond donors (Lipinski definition) is 1. The number of ether oxygens (including phenoxy) is 1. The maximum atomic E-state index is 13.0. The van der Waals surface area contributed by atoms with Crippen LogP contribution in [0.1, 0.15) is 21.5 Å². The number of nitrogens with zero attached hydrogens (tertiary/aromatic N) is 2. The Balaban J connectivity index is 1.42. The number of carbonyl (C=O) groups is 1. The van der Waals surface area contributed by atoms with E-state index in [1.165, 1.54) is 36.4 Å². The van der Waals surface area contributed by atoms with Crippen LogP contribution in [0.4, 0.5) is 10.1 Å². The maximum absolute atomic E-state index is 13.0. The van der Waals surface area contributed by atoms with Crippen molar-refractivity contribution in [2.45, 2.75) is 17.0 Å². The van der Waals surface area contributed by atoms with Crippen LogP contribution in [-0.2, 0) is 15.6 Å². The lowest BCUT2D eigenvalue weighted by atomic mass is 10.1. The number of benzene rings is 3. The molecule has 0 saturated carbocycles. The van der Waals surface area contributed by atoms with Gasteiger partial charge in [-0.1, -0.05) is 35.4 Å². The van der Waals surface area contributed by atoms with Gasteiger partial charge in [-0.25, -0.2) is 12.8 Å². The first-order chi connectivity index (χ1) is 15.8. The van der Waals surface area contributed by atoms with Crippen LogP contribution >= 0.6 is 11.3 Å². The van der Waals surface area contributed by atoms with E-state index < -0.39 is 21.6 Å². The standard InChI is InChI=1S/C23H18FN3O4S2/c1-15-4-2-3-5-20(15)31-22-26-27-23(32-22)33(29,30)14-16-6-8-17(9-7-16)21(28)25-19-12-10-18(24)11-13-19/h2-13H,14H2,1H3,(H,25,28). The van der Waals surface area contributed by atoms with Crippen molar-refractivity contribution < 1.29 is 22.3 Å². The fourth-order valence-corrected chi connectivity index (χ4v) is 5.16. The first kappa shape index (κ1) is 22.6. The summed E-state index contributed by atoms with van der Waals surface area (Å²) in [6.07, 6.45) is 0. The van der Waals surface area contributed by atoms with E-state index in [1.807, 2.05) is 25.1 Å². The number of aryl methyl sites for hydroxylation is 1. The molecule has 1 amide bonds. The van der Waals surface area contributed by atoms with Gasteiger partial charge in [0.05, 0.1) is 5.75 Å². The SMILES string of the molecule is Cc1ccccc1Oc1nnc(S(=O)(=O)Cc2ccc(C(=O)Nc3ccc(F)cc3)cc2)s1. The van der Waals surface area contributed by atoms with E-state index in [0.717, 1.165) is 16.9 Å². The molecule has 0 aliphatic carbocycles. The van der Waals surface area contributed by atoms with Crippen LogP contribution in [0.15, 0.2) is 77.1 Å². The van der Waals surface area contributed by atoms with Crippen LogP contribution in [0, 0.1) is 12.7 Å². The van der Waals surface area contributed by atoms with Gasteiger partial charge in [-0.2, -0.15) is 0 Å². The largest absolute Gasteiger partial charge is 0.430 e. The lowest BCUT2D eigenvalue weighted by Crippen LogP contribution is -2.12. The molecule has 3 aromatic carbocycles. The van der Waals surface area contributed by atoms with E-state index in [0.29, 0.717) is 22.6 Å². The van der Waals surface area contributed by atoms with Gasteiger partial charge < -0.3 is 10.1 Å². The Kier molecular flexibility index (Phi) is 6.47. The Morgan fingerprint density at radius 2 is 1.70 bits per heavy atom. The molecule has 1 aromatic heterocycles. The van der Waals surface area contributed by atoms with Gasteiger partial charge in [0.25, 0.3) is 5.91 Å². The smallest absolute Gasteiger partial charge is 0.300 e. The third-order valence-electron chi connectivity index (χ3n) is 4.62. The number of nitrogens with one attached hydrogen (secondary N) is 1. The monoisotopic (exact) mass is 483 g/mol. The zero-order valence-corrected chi connectivity index (χ0v) is 19.0. The number of aromatic nitrogens is 2. The minimum Gasteiger partial charge on any atom is -0.430 e. The average molecular weight is 484 g/mol. The molecule has 33 heavy (non-hydrogen) atoms. The Labute approximate surface area is 193 Å². The molecule has 0 unspecified atom stereocenters. The Bertz CT molecular complexity index is 1390. The lowest BCUT2D eigenvalue weighted by molar-refractivity contribution is 0.102. The van der Waals surface area contributed by atoms with Crippen molar-refractivity contribution in [1.29, 1.82) is 0 Å². The summed E-state index contributed by atoms with van der Waals surface area (Å²) in [7, 11) is -3.75. The summed E-state index contributed by atoms with van der Waals surface area (Å²) >= 11 is 0.850. The van der Waals surface area contributed by atoms with Gasteiger partial charge in [0.15, 0.2) is 0 Å². The second-order valence-corrected chi connectivity index (χ2v) is 10.2. The number of carbonyl (C=O) groups excluding carboxylic acids is 1. The number of anilines is 1. The molecule has 10 heteroatoms. The highest BCUT2D eigenvalue weighted by atomic mass is 32.2. The third-order valence-corrected chi connectivity index (χ3v) is 7.55. The highest BCUT2D eigenvalue weighted by molar-refractivity contribution is 7.92. The number of para-hydroxylation sites is 1. The lowest BCUT2D eigenvalue weighted by Gasteiger charge is -2.06. The van der Waals surface area contributed by atoms with Crippen LogP contribution in [0.3, 0.4) is 0 Å². The summed E-state index contributed by atoms with van der Waals surface area (Å²) in [5, 5.41) is 10.4. The molecule has 0 atom stereocenters. The first-order valence-electron chi connectivity index (χ1n) is 9.76. The molecule has 1 N–H and O–H groups in total. The number of rotatable bonds is 7. The molecule has 0 fully saturated rings. The third kappa shape index (κ3) is 5.60. The predicted octanol–water partition coefficient (Wildman–Crippen LogP) is 5.00. The molecule has 0 saturated heterocycles. The molecule has 0 radical (unpaired) electrons. The van der Waals surface area contributed by atoms with E-state index in [9.17, 15) is 17.6 Å². The Hall–Kier alpha value is -3.63. The van der Waals surface area contributed by atoms with E-state index in [1.54, 1.807) is 18.2 Å². The van der Waals surface area contributed by atoms with Gasteiger partial charge >= 0.3 is 5.19 Å². The predicted molar refractivity (Wildman–Crippen MR) is 123 cm³/mol. The van der Waals surface area contributed by atoms with Crippen molar-refractivity contribution in [1.82, 2.24) is 10.2 Å². The molecule has 0 spiro atoms. The van der Waals surface area contributed by atoms with E-state index in [2.05, 4.69) is 15.5 Å². The number of sulfone groups is 1. The van der Waals surface area contributed by atoms with Gasteiger partial charge in [-0.15, -0.1) is 5.10 Å². The summed E-state index contributed by atoms with van der Waals surface area (Å²) in [6.45, 7) is 1.87. The summed E-state index contributed by atoms with van der Waals surface area (Å²) in [5.41, 5.74) is 2.17. The van der Waals surface area contributed by atoms with Crippen LogP contribution in [0.2, 0.25) is 0 Å². The van der Waals surface area contributed by atoms with Crippen LogP contribution < -0.4 is 10.1 Å². The number of halogens is 1. The molecular weight excluding hydrogens is 465 g/mol. The fraction of sp³-hybridized carbons (Fsp3) is 0.0870. The zero-order valence-electron chi connectivity index (χ0n) is 17.4. The van der Waals surface area contributed by atoms with Gasteiger partial charge in [0, 0.05) is 11.3 Å². The summed E-state index contributed by atoms with van der Waals surface area (Å²) in [4.78, 5) is 12.3. The van der Waals surface area contributed by atoms with Crippen LogP contribution in [0.5, 0.6) is 10.9 Å². The molecule has 168 valence electrons. The van der Waals surface area contributed by atoms with Gasteiger partial charge in [-0.3, -0.25) is 4.79 Å². The van der Waals surface area contributed by atoms with Crippen molar-refractivity contribution in [3.63, 3.8) is 0 Å². The maximum Gasteiger partial charge on any atom is 0.300 e. The Morgan fingerprint density at radius 3 is 2.39 bits per heavy atom. The highest BCUT2D eigenvalue weighted by Crippen LogP contribution is 2.30. The number of amides is 1. The molecule has 0 bridgehead atoms. The minimum absolute atomic E-state index is 0.135.